The lowest BCUT2D eigenvalue weighted by Crippen LogP contribution is -2.38. The van der Waals surface area contributed by atoms with Crippen LogP contribution in [-0.4, -0.2) is 39.6 Å². The van der Waals surface area contributed by atoms with E-state index in [1.807, 2.05) is 61.5 Å². The molecule has 0 atom stereocenters. The van der Waals surface area contributed by atoms with Crippen molar-refractivity contribution in [2.24, 2.45) is 0 Å². The molecule has 0 aliphatic heterocycles. The molecule has 0 radical (unpaired) electrons. The minimum absolute atomic E-state index is 0.0214. The third-order valence-electron chi connectivity index (χ3n) is 4.88. The molecule has 1 aromatic heterocycles. The number of nitrogens with one attached hydrogen (secondary N) is 1. The molecule has 6 heteroatoms. The topological polar surface area (TPSA) is 67.2 Å². The van der Waals surface area contributed by atoms with Crippen LogP contribution in [0, 0.1) is 0 Å². The summed E-state index contributed by atoms with van der Waals surface area (Å²) in [4.78, 5) is 27.4. The van der Waals surface area contributed by atoms with Gasteiger partial charge in [-0.15, -0.1) is 0 Å². The quantitative estimate of drug-likeness (QED) is 0.607. The predicted molar refractivity (Wildman–Crippen MR) is 124 cm³/mol. The monoisotopic (exact) mass is 418 g/mol. The summed E-state index contributed by atoms with van der Waals surface area (Å²) in [5, 5.41) is 7.69. The second-order valence-electron chi connectivity index (χ2n) is 8.55. The van der Waals surface area contributed by atoms with Crippen molar-refractivity contribution >= 4 is 17.6 Å². The van der Waals surface area contributed by atoms with Crippen molar-refractivity contribution in [1.29, 1.82) is 0 Å². The Labute approximate surface area is 183 Å². The molecule has 1 heterocycles. The van der Waals surface area contributed by atoms with E-state index in [-0.39, 0.29) is 23.8 Å². The number of amides is 2. The first-order valence-corrected chi connectivity index (χ1v) is 10.6. The van der Waals surface area contributed by atoms with Crippen LogP contribution in [-0.2, 0) is 10.2 Å². The van der Waals surface area contributed by atoms with Crippen LogP contribution in [0.3, 0.4) is 0 Å². The second-order valence-corrected chi connectivity index (χ2v) is 8.55. The number of hydrogen-bond donors (Lipinski definition) is 1. The number of para-hydroxylation sites is 1. The summed E-state index contributed by atoms with van der Waals surface area (Å²) in [5.74, 6) is 0.185. The highest BCUT2D eigenvalue weighted by atomic mass is 16.2. The molecule has 0 fully saturated rings. The SMILES string of the molecule is CCCN(CC(=O)Nc1cc(C(C)(C)C)nn1-c1ccccc1)C(=O)c1ccccc1. The standard InChI is InChI=1S/C25H30N4O2/c1-5-16-28(24(31)19-12-8-6-9-13-19)18-23(30)26-22-17-21(25(2,3)4)27-29(22)20-14-10-7-11-15-20/h6-15,17H,5,16,18H2,1-4H3,(H,26,30). The number of nitrogens with zero attached hydrogens (tertiary/aromatic N) is 3. The number of carbonyl (C=O) groups is 2. The zero-order chi connectivity index (χ0) is 22.4. The van der Waals surface area contributed by atoms with Crippen molar-refractivity contribution in [1.82, 2.24) is 14.7 Å². The van der Waals surface area contributed by atoms with Crippen molar-refractivity contribution in [3.05, 3.63) is 78.0 Å². The van der Waals surface area contributed by atoms with Gasteiger partial charge in [-0.25, -0.2) is 4.68 Å². The molecule has 0 aliphatic rings. The molecule has 0 saturated carbocycles. The molecule has 3 aromatic rings. The van der Waals surface area contributed by atoms with Gasteiger partial charge in [-0.2, -0.15) is 5.10 Å². The van der Waals surface area contributed by atoms with Crippen molar-refractivity contribution in [2.45, 2.75) is 39.5 Å². The predicted octanol–water partition coefficient (Wildman–Crippen LogP) is 4.66. The largest absolute Gasteiger partial charge is 0.329 e. The lowest BCUT2D eigenvalue weighted by molar-refractivity contribution is -0.116. The van der Waals surface area contributed by atoms with E-state index < -0.39 is 0 Å². The summed E-state index contributed by atoms with van der Waals surface area (Å²) in [6.45, 7) is 8.72. The highest BCUT2D eigenvalue weighted by Gasteiger charge is 2.23. The summed E-state index contributed by atoms with van der Waals surface area (Å²) in [6.07, 6.45) is 0.766. The smallest absolute Gasteiger partial charge is 0.254 e. The maximum Gasteiger partial charge on any atom is 0.254 e. The van der Waals surface area contributed by atoms with Gasteiger partial charge in [0.25, 0.3) is 5.91 Å². The molecule has 0 spiro atoms. The highest BCUT2D eigenvalue weighted by Crippen LogP contribution is 2.26. The van der Waals surface area contributed by atoms with Crippen LogP contribution in [0.2, 0.25) is 0 Å². The van der Waals surface area contributed by atoms with E-state index in [1.165, 1.54) is 0 Å². The van der Waals surface area contributed by atoms with Crippen LogP contribution >= 0.6 is 0 Å². The summed E-state index contributed by atoms with van der Waals surface area (Å²) < 4.78 is 1.74. The molecular weight excluding hydrogens is 388 g/mol. The van der Waals surface area contributed by atoms with Crippen LogP contribution < -0.4 is 5.32 Å². The molecule has 2 aromatic carbocycles. The van der Waals surface area contributed by atoms with Crippen molar-refractivity contribution < 1.29 is 9.59 Å². The molecule has 0 saturated heterocycles. The zero-order valence-corrected chi connectivity index (χ0v) is 18.6. The zero-order valence-electron chi connectivity index (χ0n) is 18.6. The maximum absolute atomic E-state index is 12.9. The molecule has 3 rings (SSSR count). The third-order valence-corrected chi connectivity index (χ3v) is 4.88. The van der Waals surface area contributed by atoms with E-state index in [0.717, 1.165) is 17.8 Å². The minimum atomic E-state index is -0.254. The first kappa shape index (κ1) is 22.3. The number of hydrogen-bond acceptors (Lipinski definition) is 3. The van der Waals surface area contributed by atoms with Gasteiger partial charge in [0, 0.05) is 23.6 Å². The van der Waals surface area contributed by atoms with Gasteiger partial charge >= 0.3 is 0 Å². The summed E-state index contributed by atoms with van der Waals surface area (Å²) in [5.41, 5.74) is 2.14. The number of aromatic nitrogens is 2. The first-order valence-electron chi connectivity index (χ1n) is 10.6. The average molecular weight is 419 g/mol. The molecule has 1 N–H and O–H groups in total. The van der Waals surface area contributed by atoms with Crippen LogP contribution in [0.25, 0.3) is 5.69 Å². The number of anilines is 1. The van der Waals surface area contributed by atoms with Gasteiger partial charge in [0.1, 0.15) is 12.4 Å². The highest BCUT2D eigenvalue weighted by molar-refractivity contribution is 5.99. The molecule has 0 unspecified atom stereocenters. The fourth-order valence-electron chi connectivity index (χ4n) is 3.24. The Morgan fingerprint density at radius 3 is 2.19 bits per heavy atom. The lowest BCUT2D eigenvalue weighted by atomic mass is 9.92. The minimum Gasteiger partial charge on any atom is -0.329 e. The number of carbonyl (C=O) groups excluding carboxylic acids is 2. The Hall–Kier alpha value is -3.41. The molecular formula is C25H30N4O2. The van der Waals surface area contributed by atoms with Gasteiger partial charge in [-0.05, 0) is 30.7 Å². The Kier molecular flexibility index (Phi) is 6.90. The van der Waals surface area contributed by atoms with Gasteiger partial charge in [-0.3, -0.25) is 9.59 Å². The normalized spacial score (nSPS) is 11.2. The lowest BCUT2D eigenvalue weighted by Gasteiger charge is -2.21. The maximum atomic E-state index is 12.9. The number of rotatable bonds is 7. The van der Waals surface area contributed by atoms with Gasteiger partial charge in [0.05, 0.1) is 11.4 Å². The Bertz CT molecular complexity index is 1020. The van der Waals surface area contributed by atoms with E-state index in [1.54, 1.807) is 21.7 Å². The molecule has 2 amide bonds. The van der Waals surface area contributed by atoms with Crippen LogP contribution in [0.5, 0.6) is 0 Å². The van der Waals surface area contributed by atoms with Crippen molar-refractivity contribution in [3.63, 3.8) is 0 Å². The van der Waals surface area contributed by atoms with Gasteiger partial charge in [0.2, 0.25) is 5.91 Å². The molecule has 162 valence electrons. The molecule has 0 aliphatic carbocycles. The van der Waals surface area contributed by atoms with E-state index >= 15 is 0 Å². The first-order chi connectivity index (χ1) is 14.8. The van der Waals surface area contributed by atoms with Crippen molar-refractivity contribution in [3.8, 4) is 5.69 Å². The third kappa shape index (κ3) is 5.60. The second kappa shape index (κ2) is 9.60. The van der Waals surface area contributed by atoms with E-state index in [0.29, 0.717) is 17.9 Å². The van der Waals surface area contributed by atoms with Crippen LogP contribution in [0.4, 0.5) is 5.82 Å². The average Bonchev–Trinajstić information content (AvgIpc) is 3.18. The summed E-state index contributed by atoms with van der Waals surface area (Å²) in [6, 6.07) is 20.6. The van der Waals surface area contributed by atoms with Crippen LogP contribution in [0.15, 0.2) is 66.7 Å². The van der Waals surface area contributed by atoms with E-state index in [9.17, 15) is 9.59 Å². The molecule has 6 nitrogen and oxygen atoms in total. The Balaban J connectivity index is 1.83. The van der Waals surface area contributed by atoms with E-state index in [2.05, 4.69) is 26.1 Å². The van der Waals surface area contributed by atoms with Crippen LogP contribution in [0.1, 0.15) is 50.2 Å². The molecule has 31 heavy (non-hydrogen) atoms. The number of benzene rings is 2. The fourth-order valence-corrected chi connectivity index (χ4v) is 3.24. The van der Waals surface area contributed by atoms with E-state index in [4.69, 9.17) is 5.10 Å². The summed E-state index contributed by atoms with van der Waals surface area (Å²) in [7, 11) is 0. The van der Waals surface area contributed by atoms with Gasteiger partial charge in [0.15, 0.2) is 0 Å². The van der Waals surface area contributed by atoms with Gasteiger partial charge < -0.3 is 10.2 Å². The Morgan fingerprint density at radius 2 is 1.61 bits per heavy atom. The van der Waals surface area contributed by atoms with Gasteiger partial charge in [-0.1, -0.05) is 64.1 Å². The van der Waals surface area contributed by atoms with Crippen molar-refractivity contribution in [2.75, 3.05) is 18.4 Å². The Morgan fingerprint density at radius 1 is 1.00 bits per heavy atom. The summed E-state index contributed by atoms with van der Waals surface area (Å²) >= 11 is 0. The fraction of sp³-hybridized carbons (Fsp3) is 0.320. The molecule has 0 bridgehead atoms.